The van der Waals surface area contributed by atoms with Crippen LogP contribution in [0.3, 0.4) is 0 Å². The second kappa shape index (κ2) is 11.9. The molecule has 2 heterocycles. The standard InChI is InChI=1S/C27H35N3O5S/c1-19(2)7-6-8-22-9-10-26-24(15-22)35-25(17-29(5)27(32)23-11-13-28-14-12-23)20(3)16-30(21(4)18-31)36(26,33)34/h9-15,19-21,25,31H,7,16-18H2,1-5H3/t20-,21+,25+/m0/s1. The van der Waals surface area contributed by atoms with Crippen molar-refractivity contribution in [2.24, 2.45) is 11.8 Å². The normalized spacial score (nSPS) is 20.2. The van der Waals surface area contributed by atoms with Crippen molar-refractivity contribution in [3.8, 4) is 17.6 Å². The number of rotatable bonds is 6. The molecule has 1 aliphatic heterocycles. The van der Waals surface area contributed by atoms with E-state index in [-0.39, 0.29) is 42.2 Å². The predicted octanol–water partition coefficient (Wildman–Crippen LogP) is 3.02. The quantitative estimate of drug-likeness (QED) is 0.596. The van der Waals surface area contributed by atoms with Gasteiger partial charge in [0, 0.05) is 55.5 Å². The minimum Gasteiger partial charge on any atom is -0.487 e. The number of nitrogens with zero attached hydrogens (tertiary/aromatic N) is 3. The van der Waals surface area contributed by atoms with Crippen molar-refractivity contribution in [3.63, 3.8) is 0 Å². The maximum Gasteiger partial charge on any atom is 0.253 e. The molecule has 1 aliphatic rings. The smallest absolute Gasteiger partial charge is 0.253 e. The molecule has 0 saturated carbocycles. The molecule has 0 aliphatic carbocycles. The summed E-state index contributed by atoms with van der Waals surface area (Å²) in [4.78, 5) is 18.5. The zero-order valence-corrected chi connectivity index (χ0v) is 22.3. The molecular weight excluding hydrogens is 478 g/mol. The molecule has 0 radical (unpaired) electrons. The average molecular weight is 514 g/mol. The fourth-order valence-electron chi connectivity index (χ4n) is 3.95. The lowest BCUT2D eigenvalue weighted by atomic mass is 10.0. The van der Waals surface area contributed by atoms with Crippen molar-refractivity contribution < 1.29 is 23.1 Å². The van der Waals surface area contributed by atoms with Crippen molar-refractivity contribution in [3.05, 3.63) is 53.9 Å². The summed E-state index contributed by atoms with van der Waals surface area (Å²) in [7, 11) is -2.24. The highest BCUT2D eigenvalue weighted by atomic mass is 32.2. The second-order valence-corrected chi connectivity index (χ2v) is 11.6. The molecule has 194 valence electrons. The fraction of sp³-hybridized carbons (Fsp3) is 0.481. The molecule has 0 unspecified atom stereocenters. The Labute approximate surface area is 214 Å². The van der Waals surface area contributed by atoms with E-state index in [0.29, 0.717) is 17.0 Å². The molecule has 3 rings (SSSR count). The number of aliphatic hydroxyl groups excluding tert-OH is 1. The Balaban J connectivity index is 2.00. The van der Waals surface area contributed by atoms with Crippen LogP contribution >= 0.6 is 0 Å². The molecule has 1 aromatic heterocycles. The highest BCUT2D eigenvalue weighted by Crippen LogP contribution is 2.34. The minimum atomic E-state index is -3.94. The summed E-state index contributed by atoms with van der Waals surface area (Å²) in [6.07, 6.45) is 3.35. The van der Waals surface area contributed by atoms with Gasteiger partial charge in [0.1, 0.15) is 16.7 Å². The molecule has 0 spiro atoms. The number of ether oxygens (including phenoxy) is 1. The molecule has 0 saturated heterocycles. The molecular formula is C27H35N3O5S. The van der Waals surface area contributed by atoms with Crippen LogP contribution in [0.4, 0.5) is 0 Å². The first-order valence-corrected chi connectivity index (χ1v) is 13.6. The van der Waals surface area contributed by atoms with Crippen LogP contribution in [0.2, 0.25) is 0 Å². The van der Waals surface area contributed by atoms with E-state index in [0.717, 1.165) is 6.42 Å². The Morgan fingerprint density at radius 3 is 2.58 bits per heavy atom. The second-order valence-electron chi connectivity index (χ2n) is 9.72. The Morgan fingerprint density at radius 1 is 1.25 bits per heavy atom. The first-order valence-electron chi connectivity index (χ1n) is 12.1. The average Bonchev–Trinajstić information content (AvgIpc) is 2.85. The lowest BCUT2D eigenvalue weighted by molar-refractivity contribution is 0.0563. The van der Waals surface area contributed by atoms with Gasteiger partial charge in [0.25, 0.3) is 5.91 Å². The molecule has 36 heavy (non-hydrogen) atoms. The van der Waals surface area contributed by atoms with Gasteiger partial charge in [-0.2, -0.15) is 4.31 Å². The number of hydrogen-bond acceptors (Lipinski definition) is 6. The largest absolute Gasteiger partial charge is 0.487 e. The van der Waals surface area contributed by atoms with Crippen LogP contribution in [0, 0.1) is 23.7 Å². The molecule has 0 bridgehead atoms. The van der Waals surface area contributed by atoms with Crippen LogP contribution < -0.4 is 4.74 Å². The van der Waals surface area contributed by atoms with Crippen LogP contribution in [0.25, 0.3) is 0 Å². The monoisotopic (exact) mass is 513 g/mol. The van der Waals surface area contributed by atoms with E-state index in [1.54, 1.807) is 55.5 Å². The maximum absolute atomic E-state index is 13.6. The maximum atomic E-state index is 13.6. The Bertz CT molecular complexity index is 1220. The van der Waals surface area contributed by atoms with E-state index in [1.807, 2.05) is 6.92 Å². The van der Waals surface area contributed by atoms with Crippen molar-refractivity contribution in [2.45, 2.75) is 51.2 Å². The van der Waals surface area contributed by atoms with E-state index in [4.69, 9.17) is 4.74 Å². The number of hydrogen-bond donors (Lipinski definition) is 1. The van der Waals surface area contributed by atoms with Gasteiger partial charge in [0.2, 0.25) is 10.0 Å². The molecule has 0 fully saturated rings. The third kappa shape index (κ3) is 6.44. The van der Waals surface area contributed by atoms with Crippen molar-refractivity contribution >= 4 is 15.9 Å². The van der Waals surface area contributed by atoms with Gasteiger partial charge in [-0.3, -0.25) is 9.78 Å². The van der Waals surface area contributed by atoms with Gasteiger partial charge in [0.05, 0.1) is 13.2 Å². The van der Waals surface area contributed by atoms with Crippen LogP contribution in [-0.2, 0) is 10.0 Å². The van der Waals surface area contributed by atoms with Crippen LogP contribution in [-0.4, -0.2) is 72.5 Å². The first kappa shape index (κ1) is 27.7. The van der Waals surface area contributed by atoms with Gasteiger partial charge < -0.3 is 14.7 Å². The Hall–Kier alpha value is -2.93. The lowest BCUT2D eigenvalue weighted by Crippen LogP contribution is -2.50. The topological polar surface area (TPSA) is 100 Å². The van der Waals surface area contributed by atoms with Crippen LogP contribution in [0.5, 0.6) is 5.75 Å². The highest BCUT2D eigenvalue weighted by molar-refractivity contribution is 7.89. The molecule has 8 nitrogen and oxygen atoms in total. The minimum absolute atomic E-state index is 0.0252. The number of likely N-dealkylation sites (N-methyl/N-ethyl adjacent to an activating group) is 1. The molecule has 2 aromatic rings. The number of pyridine rings is 1. The Morgan fingerprint density at radius 2 is 1.94 bits per heavy atom. The third-order valence-electron chi connectivity index (χ3n) is 6.14. The van der Waals surface area contributed by atoms with E-state index in [2.05, 4.69) is 30.7 Å². The summed E-state index contributed by atoms with van der Waals surface area (Å²) in [5, 5.41) is 9.80. The van der Waals surface area contributed by atoms with E-state index < -0.39 is 22.2 Å². The number of carbonyl (C=O) groups excluding carboxylic acids is 1. The summed E-state index contributed by atoms with van der Waals surface area (Å²) in [6, 6.07) is 7.52. The zero-order valence-electron chi connectivity index (χ0n) is 21.5. The molecule has 3 atom stereocenters. The van der Waals surface area contributed by atoms with Gasteiger partial charge in [-0.1, -0.05) is 32.6 Å². The molecule has 1 aromatic carbocycles. The lowest BCUT2D eigenvalue weighted by Gasteiger charge is -2.37. The van der Waals surface area contributed by atoms with Gasteiger partial charge >= 0.3 is 0 Å². The third-order valence-corrected chi connectivity index (χ3v) is 8.16. The van der Waals surface area contributed by atoms with Gasteiger partial charge in [0.15, 0.2) is 0 Å². The van der Waals surface area contributed by atoms with Crippen molar-refractivity contribution in [1.82, 2.24) is 14.2 Å². The summed E-state index contributed by atoms with van der Waals surface area (Å²) in [5.74, 6) is 6.38. The van der Waals surface area contributed by atoms with E-state index in [9.17, 15) is 18.3 Å². The number of amides is 1. The van der Waals surface area contributed by atoms with Crippen molar-refractivity contribution in [1.29, 1.82) is 0 Å². The number of carbonyl (C=O) groups is 1. The van der Waals surface area contributed by atoms with Gasteiger partial charge in [-0.25, -0.2) is 8.42 Å². The van der Waals surface area contributed by atoms with Crippen molar-refractivity contribution in [2.75, 3.05) is 26.7 Å². The summed E-state index contributed by atoms with van der Waals surface area (Å²) < 4.78 is 34.8. The van der Waals surface area contributed by atoms with Crippen LogP contribution in [0.15, 0.2) is 47.6 Å². The molecule has 9 heteroatoms. The SMILES string of the molecule is CC(C)CC#Cc1ccc2c(c1)O[C@H](CN(C)C(=O)c1ccncc1)[C@@H](C)CN([C@H](C)CO)S2(=O)=O. The zero-order chi connectivity index (χ0) is 26.5. The number of benzene rings is 1. The Kier molecular flexibility index (Phi) is 9.12. The fourth-order valence-corrected chi connectivity index (χ4v) is 5.77. The van der Waals surface area contributed by atoms with Crippen LogP contribution in [0.1, 0.15) is 50.0 Å². The predicted molar refractivity (Wildman–Crippen MR) is 138 cm³/mol. The summed E-state index contributed by atoms with van der Waals surface area (Å²) in [6.45, 7) is 7.79. The summed E-state index contributed by atoms with van der Waals surface area (Å²) >= 11 is 0. The highest BCUT2D eigenvalue weighted by Gasteiger charge is 2.38. The first-order chi connectivity index (χ1) is 17.0. The summed E-state index contributed by atoms with van der Waals surface area (Å²) in [5.41, 5.74) is 1.16. The van der Waals surface area contributed by atoms with E-state index in [1.165, 1.54) is 10.4 Å². The number of fused-ring (bicyclic) bond motifs is 1. The van der Waals surface area contributed by atoms with Gasteiger partial charge in [-0.15, -0.1) is 0 Å². The number of aliphatic hydroxyl groups is 1. The molecule has 1 amide bonds. The van der Waals surface area contributed by atoms with E-state index >= 15 is 0 Å². The van der Waals surface area contributed by atoms with Gasteiger partial charge in [-0.05, 0) is 43.2 Å². The number of aromatic nitrogens is 1. The molecule has 1 N–H and O–H groups in total. The number of sulfonamides is 1.